The summed E-state index contributed by atoms with van der Waals surface area (Å²) < 4.78 is 47.5. The van der Waals surface area contributed by atoms with E-state index in [1.807, 2.05) is 0 Å². The smallest absolute Gasteiger partial charge is 0.404 e. The lowest BCUT2D eigenvalue weighted by atomic mass is 9.90. The van der Waals surface area contributed by atoms with E-state index in [1.165, 1.54) is 102 Å². The van der Waals surface area contributed by atoms with Crippen LogP contribution in [0.4, 0.5) is 0 Å². The van der Waals surface area contributed by atoms with Crippen molar-refractivity contribution in [3.05, 3.63) is 89.5 Å². The number of Topliss-reactive ketones (excluding diaryl/α,β-unsaturated/α-hetero) is 4. The third-order valence-electron chi connectivity index (χ3n) is 11.9. The van der Waals surface area contributed by atoms with Crippen molar-refractivity contribution in [2.75, 3.05) is 0 Å². The number of phosphoric ester groups is 3. The van der Waals surface area contributed by atoms with Crippen LogP contribution in [-0.4, -0.2) is 106 Å². The van der Waals surface area contributed by atoms with Crippen LogP contribution >= 0.6 is 23.5 Å². The first kappa shape index (κ1) is 65.3. The molecule has 12 N–H and O–H groups in total. The number of phosphoric acid groups is 3. The third-order valence-corrected chi connectivity index (χ3v) is 13.2. The molecule has 0 unspecified atom stereocenters. The SMILES string of the molecule is C[C@H](Cc1ccc(OP(=O)(O)O)cc1)NC(=O)[C@H](C)CC(=O)[C@H](C)NC(=O)[C@@H](CC(=O)[C@H](C)NC(=O)[C@H](C)CC(=O)[C@H](Cc1ccc(OP(=O)(O)O)cc1)NC(=O)[C@H](C)CC(=O)[C@H](C)N)Cc1ccc(OP(=O)(O)O)cc1. The predicted octanol–water partition coefficient (Wildman–Crippen LogP) is 2.84. The van der Waals surface area contributed by atoms with Gasteiger partial charge in [0.2, 0.25) is 23.6 Å². The molecular weight excluding hydrogens is 1070 g/mol. The molecule has 0 spiro atoms. The normalized spacial score (nSPS) is 15.4. The Morgan fingerprint density at radius 2 is 0.753 bits per heavy atom. The molecule has 0 fully saturated rings. The van der Waals surface area contributed by atoms with E-state index < -0.39 is 137 Å². The van der Waals surface area contributed by atoms with Gasteiger partial charge in [0.25, 0.3) is 0 Å². The summed E-state index contributed by atoms with van der Waals surface area (Å²) in [6.07, 6.45) is -1.47. The van der Waals surface area contributed by atoms with Crippen molar-refractivity contribution in [1.29, 1.82) is 0 Å². The van der Waals surface area contributed by atoms with Gasteiger partial charge in [-0.25, -0.2) is 13.7 Å². The number of benzene rings is 3. The second-order valence-electron chi connectivity index (χ2n) is 19.1. The maximum absolute atomic E-state index is 13.9. The number of amides is 4. The molecule has 77 heavy (non-hydrogen) atoms. The first-order valence-corrected chi connectivity index (χ1v) is 28.8. The molecule has 0 radical (unpaired) electrons. The third kappa shape index (κ3) is 24.5. The van der Waals surface area contributed by atoms with Crippen LogP contribution in [0.5, 0.6) is 17.2 Å². The van der Waals surface area contributed by atoms with Crippen LogP contribution in [0.25, 0.3) is 0 Å². The van der Waals surface area contributed by atoms with Crippen LogP contribution in [0.2, 0.25) is 0 Å². The van der Waals surface area contributed by atoms with Gasteiger partial charge in [0.05, 0.1) is 24.2 Å². The van der Waals surface area contributed by atoms with Gasteiger partial charge < -0.3 is 40.6 Å². The monoisotopic (exact) mass is 1140 g/mol. The highest BCUT2D eigenvalue weighted by Gasteiger charge is 2.32. The molecule has 0 aliphatic heterocycles. The van der Waals surface area contributed by atoms with Crippen LogP contribution in [0.3, 0.4) is 0 Å². The molecule has 3 aromatic rings. The summed E-state index contributed by atoms with van der Waals surface area (Å²) in [5.74, 6) is -9.32. The van der Waals surface area contributed by atoms with E-state index in [0.29, 0.717) is 23.1 Å². The van der Waals surface area contributed by atoms with Crippen molar-refractivity contribution < 1.29 is 95.0 Å². The van der Waals surface area contributed by atoms with Gasteiger partial charge in [-0.15, -0.1) is 0 Å². The summed E-state index contributed by atoms with van der Waals surface area (Å²) in [7, 11) is -14.5. The maximum Gasteiger partial charge on any atom is 0.524 e. The number of ketones is 4. The van der Waals surface area contributed by atoms with E-state index in [9.17, 15) is 61.8 Å². The zero-order valence-electron chi connectivity index (χ0n) is 43.4. The molecule has 0 saturated carbocycles. The van der Waals surface area contributed by atoms with Crippen LogP contribution in [0, 0.1) is 23.7 Å². The summed E-state index contributed by atoms with van der Waals surface area (Å²) in [6, 6.07) is 11.5. The van der Waals surface area contributed by atoms with Crippen molar-refractivity contribution in [3.8, 4) is 17.2 Å². The highest BCUT2D eigenvalue weighted by atomic mass is 31.2. The summed E-state index contributed by atoms with van der Waals surface area (Å²) >= 11 is 0. The largest absolute Gasteiger partial charge is 0.524 e. The Bertz CT molecular complexity index is 2710. The average molecular weight is 1140 g/mol. The molecular formula is C49H68N5O20P3. The van der Waals surface area contributed by atoms with E-state index in [2.05, 4.69) is 34.8 Å². The van der Waals surface area contributed by atoms with E-state index in [-0.39, 0.29) is 42.9 Å². The summed E-state index contributed by atoms with van der Waals surface area (Å²) in [6.45, 7) is 10.3. The molecule has 28 heteroatoms. The lowest BCUT2D eigenvalue weighted by molar-refractivity contribution is -0.135. The van der Waals surface area contributed by atoms with Gasteiger partial charge in [0, 0.05) is 55.4 Å². The molecule has 25 nitrogen and oxygen atoms in total. The van der Waals surface area contributed by atoms with Gasteiger partial charge in [0.15, 0.2) is 17.3 Å². The molecule has 0 aliphatic rings. The lowest BCUT2D eigenvalue weighted by Crippen LogP contribution is -2.47. The minimum absolute atomic E-state index is 0.0504. The Morgan fingerprint density at radius 3 is 1.16 bits per heavy atom. The molecule has 0 aliphatic carbocycles. The van der Waals surface area contributed by atoms with Gasteiger partial charge in [-0.05, 0) is 100 Å². The average Bonchev–Trinajstić information content (AvgIpc) is 3.31. The number of nitrogens with two attached hydrogens (primary N) is 1. The topological polar surface area (TPSA) is 411 Å². The number of hydrogen-bond donors (Lipinski definition) is 11. The Morgan fingerprint density at radius 1 is 0.429 bits per heavy atom. The number of carbonyl (C=O) groups is 8. The Labute approximate surface area is 444 Å². The van der Waals surface area contributed by atoms with Crippen molar-refractivity contribution in [1.82, 2.24) is 21.3 Å². The van der Waals surface area contributed by atoms with Crippen molar-refractivity contribution in [3.63, 3.8) is 0 Å². The first-order valence-electron chi connectivity index (χ1n) is 24.2. The standard InChI is InChI=1S/C49H68N5O20P3/c1-27(20-42(55)31(5)50)48(61)54-41(25-36-12-18-40(19-13-36)74-77(69,70)71)45(58)22-29(3)47(60)52-33(7)44(57)26-37(24-35-10-16-39(17-11-35)73-76(66,67)68)49(62)53-32(6)43(56)21-28(2)46(59)51-30(4)23-34-8-14-38(15-9-34)72-75(63,64)65/h8-19,27-33,37,41H,20-26,50H2,1-7H3,(H,51,59)(H,52,60)(H,53,62)(H,54,61)(H2,63,64,65)(H2,66,67,68)(H2,69,70,71)/t27-,28-,29-,30-,31+,32+,33+,37-,41+/m1/s1. The molecule has 0 aromatic heterocycles. The predicted molar refractivity (Wildman–Crippen MR) is 276 cm³/mol. The van der Waals surface area contributed by atoms with Gasteiger partial charge in [-0.3, -0.25) is 67.7 Å². The van der Waals surface area contributed by atoms with Crippen molar-refractivity contribution in [2.24, 2.45) is 29.4 Å². The van der Waals surface area contributed by atoms with E-state index >= 15 is 0 Å². The summed E-state index contributed by atoms with van der Waals surface area (Å²) in [5, 5.41) is 10.6. The van der Waals surface area contributed by atoms with Crippen LogP contribution in [-0.2, 0) is 71.3 Å². The minimum Gasteiger partial charge on any atom is -0.404 e. The molecule has 0 saturated heterocycles. The molecule has 0 bridgehead atoms. The van der Waals surface area contributed by atoms with Gasteiger partial charge in [-0.1, -0.05) is 57.2 Å². The fourth-order valence-corrected chi connectivity index (χ4v) is 8.74. The summed E-state index contributed by atoms with van der Waals surface area (Å²) in [5.41, 5.74) is 7.20. The van der Waals surface area contributed by atoms with E-state index in [1.54, 1.807) is 19.1 Å². The van der Waals surface area contributed by atoms with Crippen LogP contribution < -0.4 is 40.6 Å². The maximum atomic E-state index is 13.9. The highest BCUT2D eigenvalue weighted by molar-refractivity contribution is 7.47. The second-order valence-corrected chi connectivity index (χ2v) is 22.6. The van der Waals surface area contributed by atoms with E-state index in [0.717, 1.165) is 0 Å². The number of nitrogens with one attached hydrogen (secondary N) is 4. The molecule has 9 atom stereocenters. The van der Waals surface area contributed by atoms with Gasteiger partial charge in [0.1, 0.15) is 23.0 Å². The molecule has 424 valence electrons. The lowest BCUT2D eigenvalue weighted by Gasteiger charge is -2.24. The molecule has 4 amide bonds. The quantitative estimate of drug-likeness (QED) is 0.0400. The summed E-state index contributed by atoms with van der Waals surface area (Å²) in [4.78, 5) is 162. The Balaban J connectivity index is 1.72. The second kappa shape index (κ2) is 29.1. The highest BCUT2D eigenvalue weighted by Crippen LogP contribution is 2.39. The number of rotatable bonds is 32. The number of hydrogen-bond acceptors (Lipinski definition) is 15. The zero-order valence-corrected chi connectivity index (χ0v) is 46.1. The zero-order chi connectivity index (χ0) is 58.2. The van der Waals surface area contributed by atoms with Gasteiger partial charge >= 0.3 is 23.5 Å². The fraction of sp³-hybridized carbons (Fsp3) is 0.469. The van der Waals surface area contributed by atoms with Crippen LogP contribution in [0.15, 0.2) is 72.8 Å². The minimum atomic E-state index is -4.91. The first-order chi connectivity index (χ1) is 35.6. The van der Waals surface area contributed by atoms with Crippen LogP contribution in [0.1, 0.15) is 90.8 Å². The molecule has 3 rings (SSSR count). The van der Waals surface area contributed by atoms with Gasteiger partial charge in [-0.2, -0.15) is 0 Å². The van der Waals surface area contributed by atoms with Crippen molar-refractivity contribution >= 4 is 70.2 Å². The van der Waals surface area contributed by atoms with Crippen molar-refractivity contribution in [2.45, 2.75) is 124 Å². The fourth-order valence-electron chi connectivity index (χ4n) is 7.55. The molecule has 0 heterocycles. The number of carbonyl (C=O) groups excluding carboxylic acids is 8. The Kier molecular flexibility index (Phi) is 24.7. The Hall–Kier alpha value is -5.97. The molecule has 3 aromatic carbocycles. The van der Waals surface area contributed by atoms with E-state index in [4.69, 9.17) is 25.3 Å².